The van der Waals surface area contributed by atoms with Crippen LogP contribution in [-0.2, 0) is 6.61 Å². The number of carbonyl (C=O) groups is 1. The Bertz CT molecular complexity index is 882. The van der Waals surface area contributed by atoms with Gasteiger partial charge in [-0.15, -0.1) is 0 Å². The van der Waals surface area contributed by atoms with Crippen molar-refractivity contribution in [1.29, 1.82) is 0 Å². The lowest BCUT2D eigenvalue weighted by Crippen LogP contribution is -2.29. The van der Waals surface area contributed by atoms with Gasteiger partial charge in [-0.25, -0.2) is 4.39 Å². The summed E-state index contributed by atoms with van der Waals surface area (Å²) in [6, 6.07) is 22.1. The minimum atomic E-state index is -0.915. The Morgan fingerprint density at radius 3 is 2.37 bits per heavy atom. The van der Waals surface area contributed by atoms with Gasteiger partial charge in [-0.3, -0.25) is 4.79 Å². The van der Waals surface area contributed by atoms with Gasteiger partial charge in [0.15, 0.2) is 0 Å². The van der Waals surface area contributed by atoms with Gasteiger partial charge in [-0.1, -0.05) is 48.5 Å². The zero-order valence-electron chi connectivity index (χ0n) is 14.6. The molecular formula is C22H20FNO3. The van der Waals surface area contributed by atoms with Crippen LogP contribution in [0.3, 0.4) is 0 Å². The summed E-state index contributed by atoms with van der Waals surface area (Å²) in [5.41, 5.74) is 1.77. The summed E-state index contributed by atoms with van der Waals surface area (Å²) in [5, 5.41) is 12.9. The van der Waals surface area contributed by atoms with Crippen molar-refractivity contribution in [1.82, 2.24) is 5.32 Å². The Kier molecular flexibility index (Phi) is 6.18. The average molecular weight is 365 g/mol. The van der Waals surface area contributed by atoms with Crippen molar-refractivity contribution in [3.05, 3.63) is 101 Å². The third-order valence-corrected chi connectivity index (χ3v) is 4.11. The maximum absolute atomic E-state index is 13.0. The number of hydrogen-bond donors (Lipinski definition) is 2. The van der Waals surface area contributed by atoms with E-state index < -0.39 is 6.10 Å². The third kappa shape index (κ3) is 5.15. The van der Waals surface area contributed by atoms with Crippen LogP contribution in [0.4, 0.5) is 4.39 Å². The molecule has 5 heteroatoms. The Hall–Kier alpha value is -3.18. The van der Waals surface area contributed by atoms with E-state index in [0.717, 1.165) is 11.3 Å². The topological polar surface area (TPSA) is 58.6 Å². The predicted octanol–water partition coefficient (Wildman–Crippen LogP) is 3.87. The van der Waals surface area contributed by atoms with E-state index in [4.69, 9.17) is 4.74 Å². The van der Waals surface area contributed by atoms with Crippen LogP contribution in [0.25, 0.3) is 0 Å². The van der Waals surface area contributed by atoms with E-state index in [2.05, 4.69) is 5.32 Å². The maximum atomic E-state index is 13.0. The second-order valence-corrected chi connectivity index (χ2v) is 6.04. The number of benzene rings is 3. The lowest BCUT2D eigenvalue weighted by Gasteiger charge is -2.14. The zero-order valence-corrected chi connectivity index (χ0v) is 14.6. The van der Waals surface area contributed by atoms with Crippen LogP contribution in [0.1, 0.15) is 27.6 Å². The fraction of sp³-hybridized carbons (Fsp3) is 0.136. The van der Waals surface area contributed by atoms with Crippen LogP contribution in [0.2, 0.25) is 0 Å². The van der Waals surface area contributed by atoms with Gasteiger partial charge in [0, 0.05) is 17.7 Å². The van der Waals surface area contributed by atoms with Crippen molar-refractivity contribution in [2.75, 3.05) is 6.54 Å². The molecule has 0 heterocycles. The number of carbonyl (C=O) groups excluding carboxylic acids is 1. The highest BCUT2D eigenvalue weighted by molar-refractivity contribution is 5.95. The molecular weight excluding hydrogens is 345 g/mol. The van der Waals surface area contributed by atoms with Crippen molar-refractivity contribution in [3.8, 4) is 5.75 Å². The molecule has 0 aliphatic carbocycles. The number of rotatable bonds is 7. The van der Waals surface area contributed by atoms with Crippen LogP contribution in [0, 0.1) is 5.82 Å². The van der Waals surface area contributed by atoms with Gasteiger partial charge in [0.05, 0.1) is 6.10 Å². The SMILES string of the molecule is O=C(NCC(O)c1ccc(F)cc1)c1ccccc1COc1ccccc1. The summed E-state index contributed by atoms with van der Waals surface area (Å²) >= 11 is 0. The highest BCUT2D eigenvalue weighted by atomic mass is 19.1. The van der Waals surface area contributed by atoms with Crippen LogP contribution >= 0.6 is 0 Å². The van der Waals surface area contributed by atoms with Gasteiger partial charge in [0.25, 0.3) is 5.91 Å². The number of amides is 1. The minimum Gasteiger partial charge on any atom is -0.489 e. The Morgan fingerprint density at radius 2 is 1.63 bits per heavy atom. The molecule has 27 heavy (non-hydrogen) atoms. The molecule has 0 fully saturated rings. The van der Waals surface area contributed by atoms with Crippen LogP contribution < -0.4 is 10.1 Å². The lowest BCUT2D eigenvalue weighted by molar-refractivity contribution is 0.0914. The highest BCUT2D eigenvalue weighted by Gasteiger charge is 2.14. The van der Waals surface area contributed by atoms with Crippen LogP contribution in [0.15, 0.2) is 78.9 Å². The molecule has 1 unspecified atom stereocenters. The highest BCUT2D eigenvalue weighted by Crippen LogP contribution is 2.16. The molecule has 0 aliphatic rings. The molecule has 4 nitrogen and oxygen atoms in total. The number of halogens is 1. The predicted molar refractivity (Wildman–Crippen MR) is 101 cm³/mol. The van der Waals surface area contributed by atoms with Crippen molar-refractivity contribution < 1.29 is 19.0 Å². The lowest BCUT2D eigenvalue weighted by atomic mass is 10.1. The average Bonchev–Trinajstić information content (AvgIpc) is 2.71. The molecule has 0 spiro atoms. The number of aliphatic hydroxyl groups excluding tert-OH is 1. The second-order valence-electron chi connectivity index (χ2n) is 6.04. The number of nitrogens with one attached hydrogen (secondary N) is 1. The van der Waals surface area contributed by atoms with Gasteiger partial charge in [-0.2, -0.15) is 0 Å². The van der Waals surface area contributed by atoms with Gasteiger partial charge >= 0.3 is 0 Å². The van der Waals surface area contributed by atoms with E-state index >= 15 is 0 Å². The first-order chi connectivity index (χ1) is 13.1. The number of hydrogen-bond acceptors (Lipinski definition) is 3. The molecule has 2 N–H and O–H groups in total. The Morgan fingerprint density at radius 1 is 0.963 bits per heavy atom. The molecule has 0 aliphatic heterocycles. The quantitative estimate of drug-likeness (QED) is 0.668. The smallest absolute Gasteiger partial charge is 0.251 e. The van der Waals surface area contributed by atoms with Gasteiger partial charge < -0.3 is 15.2 Å². The van der Waals surface area contributed by atoms with Crippen molar-refractivity contribution in [3.63, 3.8) is 0 Å². The summed E-state index contributed by atoms with van der Waals surface area (Å²) in [6.45, 7) is 0.284. The Labute approximate surface area is 157 Å². The Balaban J connectivity index is 1.61. The number of para-hydroxylation sites is 1. The number of aliphatic hydroxyl groups is 1. The fourth-order valence-electron chi connectivity index (χ4n) is 2.63. The first-order valence-corrected chi connectivity index (χ1v) is 8.61. The third-order valence-electron chi connectivity index (χ3n) is 4.11. The van der Waals surface area contributed by atoms with E-state index in [-0.39, 0.29) is 24.9 Å². The molecule has 0 bridgehead atoms. The first-order valence-electron chi connectivity index (χ1n) is 8.61. The van der Waals surface area contributed by atoms with Crippen LogP contribution in [0.5, 0.6) is 5.75 Å². The monoisotopic (exact) mass is 365 g/mol. The van der Waals surface area contributed by atoms with Crippen molar-refractivity contribution in [2.24, 2.45) is 0 Å². The fourth-order valence-corrected chi connectivity index (χ4v) is 2.63. The van der Waals surface area contributed by atoms with Gasteiger partial charge in [0.1, 0.15) is 18.2 Å². The van der Waals surface area contributed by atoms with Gasteiger partial charge in [0.2, 0.25) is 0 Å². The first kappa shape index (κ1) is 18.6. The molecule has 0 aromatic heterocycles. The molecule has 3 aromatic carbocycles. The van der Waals surface area contributed by atoms with Gasteiger partial charge in [-0.05, 0) is 35.9 Å². The van der Waals surface area contributed by atoms with E-state index in [0.29, 0.717) is 11.1 Å². The minimum absolute atomic E-state index is 0.0261. The zero-order chi connectivity index (χ0) is 19.1. The molecule has 3 rings (SSSR count). The largest absolute Gasteiger partial charge is 0.489 e. The normalized spacial score (nSPS) is 11.6. The maximum Gasteiger partial charge on any atom is 0.251 e. The van der Waals surface area contributed by atoms with E-state index in [1.165, 1.54) is 24.3 Å². The van der Waals surface area contributed by atoms with E-state index in [1.54, 1.807) is 12.1 Å². The van der Waals surface area contributed by atoms with Crippen molar-refractivity contribution >= 4 is 5.91 Å². The summed E-state index contributed by atoms with van der Waals surface area (Å²) in [7, 11) is 0. The number of ether oxygens (including phenoxy) is 1. The van der Waals surface area contributed by atoms with E-state index in [1.807, 2.05) is 42.5 Å². The summed E-state index contributed by atoms with van der Waals surface area (Å²) < 4.78 is 18.7. The molecule has 0 saturated carbocycles. The second kappa shape index (κ2) is 8.96. The van der Waals surface area contributed by atoms with Crippen LogP contribution in [-0.4, -0.2) is 17.6 Å². The summed E-state index contributed by atoms with van der Waals surface area (Å²) in [6.07, 6.45) is -0.915. The molecule has 3 aromatic rings. The standard InChI is InChI=1S/C22H20FNO3/c23-18-12-10-16(11-13-18)21(25)14-24-22(26)20-9-5-4-6-17(20)15-27-19-7-2-1-3-8-19/h1-13,21,25H,14-15H2,(H,24,26). The molecule has 1 atom stereocenters. The molecule has 0 saturated heterocycles. The summed E-state index contributed by atoms with van der Waals surface area (Å²) in [4.78, 5) is 12.5. The molecule has 1 amide bonds. The summed E-state index contributed by atoms with van der Waals surface area (Å²) in [5.74, 6) is 0.0465. The van der Waals surface area contributed by atoms with Crippen molar-refractivity contribution in [2.45, 2.75) is 12.7 Å². The van der Waals surface area contributed by atoms with E-state index in [9.17, 15) is 14.3 Å². The molecule has 0 radical (unpaired) electrons. The molecule has 138 valence electrons.